The van der Waals surface area contributed by atoms with Gasteiger partial charge in [0, 0.05) is 18.5 Å². The standard InChI is InChI=1S/C20H21FN2O/c1-15-4-6-16(7-5-15)20(17-8-10-18(21)11-9-17)24-12-2-3-19-13-22-14-23-19/h4-11,13-14,20H,2-3,12H2,1H3,(H,22,23). The SMILES string of the molecule is Cc1ccc(C(OCCCc2cnc[nH]2)c2ccc(F)cc2)cc1. The third-order valence-corrected chi connectivity index (χ3v) is 3.98. The molecule has 3 aromatic rings. The van der Waals surface area contributed by atoms with E-state index in [9.17, 15) is 4.39 Å². The van der Waals surface area contributed by atoms with Crippen molar-refractivity contribution in [3.63, 3.8) is 0 Å². The molecule has 1 N–H and O–H groups in total. The molecule has 0 spiro atoms. The molecule has 0 amide bonds. The number of imidazole rings is 1. The van der Waals surface area contributed by atoms with Gasteiger partial charge in [0.1, 0.15) is 11.9 Å². The van der Waals surface area contributed by atoms with Gasteiger partial charge in [0.05, 0.1) is 6.33 Å². The van der Waals surface area contributed by atoms with E-state index in [0.717, 1.165) is 29.7 Å². The molecule has 0 bridgehead atoms. The van der Waals surface area contributed by atoms with Crippen molar-refractivity contribution in [3.05, 3.63) is 89.3 Å². The van der Waals surface area contributed by atoms with Crippen LogP contribution in [0.2, 0.25) is 0 Å². The van der Waals surface area contributed by atoms with Crippen molar-refractivity contribution in [2.45, 2.75) is 25.9 Å². The van der Waals surface area contributed by atoms with E-state index in [1.807, 2.05) is 6.20 Å². The van der Waals surface area contributed by atoms with Crippen molar-refractivity contribution >= 4 is 0 Å². The number of H-pyrrole nitrogens is 1. The van der Waals surface area contributed by atoms with Crippen LogP contribution >= 0.6 is 0 Å². The van der Waals surface area contributed by atoms with Crippen LogP contribution in [-0.4, -0.2) is 16.6 Å². The van der Waals surface area contributed by atoms with Gasteiger partial charge in [0.2, 0.25) is 0 Å². The molecule has 1 unspecified atom stereocenters. The molecule has 3 rings (SSSR count). The first-order valence-electron chi connectivity index (χ1n) is 8.13. The maximum Gasteiger partial charge on any atom is 0.123 e. The van der Waals surface area contributed by atoms with E-state index in [4.69, 9.17) is 4.74 Å². The fourth-order valence-corrected chi connectivity index (χ4v) is 2.65. The van der Waals surface area contributed by atoms with Crippen LogP contribution in [0.4, 0.5) is 4.39 Å². The molecule has 0 radical (unpaired) electrons. The van der Waals surface area contributed by atoms with Crippen LogP contribution in [0.25, 0.3) is 0 Å². The van der Waals surface area contributed by atoms with Gasteiger partial charge >= 0.3 is 0 Å². The van der Waals surface area contributed by atoms with Crippen molar-refractivity contribution < 1.29 is 9.13 Å². The summed E-state index contributed by atoms with van der Waals surface area (Å²) in [6.07, 6.45) is 5.12. The average Bonchev–Trinajstić information content (AvgIpc) is 3.11. The van der Waals surface area contributed by atoms with E-state index in [-0.39, 0.29) is 11.9 Å². The molecule has 24 heavy (non-hydrogen) atoms. The lowest BCUT2D eigenvalue weighted by molar-refractivity contribution is 0.0782. The Bertz CT molecular complexity index is 691. The zero-order valence-electron chi connectivity index (χ0n) is 13.7. The summed E-state index contributed by atoms with van der Waals surface area (Å²) < 4.78 is 19.4. The Labute approximate surface area is 141 Å². The van der Waals surface area contributed by atoms with Gasteiger partial charge in [-0.05, 0) is 43.0 Å². The molecule has 3 nitrogen and oxygen atoms in total. The fraction of sp³-hybridized carbons (Fsp3) is 0.250. The second kappa shape index (κ2) is 7.88. The van der Waals surface area contributed by atoms with Gasteiger partial charge < -0.3 is 9.72 Å². The highest BCUT2D eigenvalue weighted by Gasteiger charge is 2.15. The molecule has 4 heteroatoms. The number of rotatable bonds is 7. The number of ether oxygens (including phenoxy) is 1. The maximum atomic E-state index is 13.2. The molecule has 0 aliphatic carbocycles. The molecular formula is C20H21FN2O. The lowest BCUT2D eigenvalue weighted by Crippen LogP contribution is -2.08. The molecule has 1 heterocycles. The van der Waals surface area contributed by atoms with Crippen LogP contribution in [0.3, 0.4) is 0 Å². The highest BCUT2D eigenvalue weighted by Crippen LogP contribution is 2.27. The second-order valence-electron chi connectivity index (χ2n) is 5.89. The summed E-state index contributed by atoms with van der Waals surface area (Å²) in [4.78, 5) is 7.11. The zero-order chi connectivity index (χ0) is 16.8. The molecule has 1 atom stereocenters. The second-order valence-corrected chi connectivity index (χ2v) is 5.89. The monoisotopic (exact) mass is 324 g/mol. The number of hydrogen-bond donors (Lipinski definition) is 1. The third kappa shape index (κ3) is 4.30. The van der Waals surface area contributed by atoms with E-state index in [2.05, 4.69) is 41.2 Å². The molecule has 0 aliphatic rings. The van der Waals surface area contributed by atoms with Crippen LogP contribution in [0.1, 0.15) is 34.9 Å². The Morgan fingerprint density at radius 3 is 2.33 bits per heavy atom. The summed E-state index contributed by atoms with van der Waals surface area (Å²) in [7, 11) is 0. The number of benzene rings is 2. The summed E-state index contributed by atoms with van der Waals surface area (Å²) in [5.74, 6) is -0.236. The highest BCUT2D eigenvalue weighted by atomic mass is 19.1. The van der Waals surface area contributed by atoms with E-state index < -0.39 is 0 Å². The van der Waals surface area contributed by atoms with E-state index in [1.54, 1.807) is 18.5 Å². The van der Waals surface area contributed by atoms with E-state index in [0.29, 0.717) is 6.61 Å². The zero-order valence-corrected chi connectivity index (χ0v) is 13.7. The lowest BCUT2D eigenvalue weighted by atomic mass is 10.0. The topological polar surface area (TPSA) is 37.9 Å². The van der Waals surface area contributed by atoms with Crippen LogP contribution in [0, 0.1) is 12.7 Å². The van der Waals surface area contributed by atoms with Crippen molar-refractivity contribution in [1.82, 2.24) is 9.97 Å². The summed E-state index contributed by atoms with van der Waals surface area (Å²) in [5, 5.41) is 0. The Hall–Kier alpha value is -2.46. The fourth-order valence-electron chi connectivity index (χ4n) is 2.65. The van der Waals surface area contributed by atoms with Crippen LogP contribution in [0.15, 0.2) is 61.1 Å². The molecule has 0 saturated heterocycles. The first-order chi connectivity index (χ1) is 11.7. The molecule has 2 aromatic carbocycles. The number of hydrogen-bond acceptors (Lipinski definition) is 2. The number of aryl methyl sites for hydroxylation is 2. The molecule has 0 saturated carbocycles. The van der Waals surface area contributed by atoms with E-state index >= 15 is 0 Å². The molecule has 0 fully saturated rings. The van der Waals surface area contributed by atoms with Crippen LogP contribution in [0.5, 0.6) is 0 Å². The highest BCUT2D eigenvalue weighted by molar-refractivity contribution is 5.32. The Kier molecular flexibility index (Phi) is 5.39. The predicted molar refractivity (Wildman–Crippen MR) is 92.3 cm³/mol. The quantitative estimate of drug-likeness (QED) is 0.645. The average molecular weight is 324 g/mol. The number of aromatic amines is 1. The molecular weight excluding hydrogens is 303 g/mol. The maximum absolute atomic E-state index is 13.2. The van der Waals surface area contributed by atoms with Gasteiger partial charge in [-0.1, -0.05) is 42.0 Å². The predicted octanol–water partition coefficient (Wildman–Crippen LogP) is 4.60. The van der Waals surface area contributed by atoms with Crippen molar-refractivity contribution in [3.8, 4) is 0 Å². The Morgan fingerprint density at radius 1 is 1.04 bits per heavy atom. The van der Waals surface area contributed by atoms with Gasteiger partial charge in [0.25, 0.3) is 0 Å². The van der Waals surface area contributed by atoms with E-state index in [1.165, 1.54) is 17.7 Å². The molecule has 124 valence electrons. The number of halogens is 1. The van der Waals surface area contributed by atoms with Crippen molar-refractivity contribution in [2.75, 3.05) is 6.61 Å². The van der Waals surface area contributed by atoms with Gasteiger partial charge in [-0.25, -0.2) is 9.37 Å². The summed E-state index contributed by atoms with van der Waals surface area (Å²) in [6, 6.07) is 14.8. The van der Waals surface area contributed by atoms with Gasteiger partial charge in [-0.15, -0.1) is 0 Å². The van der Waals surface area contributed by atoms with Gasteiger partial charge in [-0.2, -0.15) is 0 Å². The molecule has 0 aliphatic heterocycles. The largest absolute Gasteiger partial charge is 0.369 e. The van der Waals surface area contributed by atoms with Gasteiger partial charge in [-0.3, -0.25) is 0 Å². The molecule has 1 aromatic heterocycles. The Balaban J connectivity index is 1.69. The minimum Gasteiger partial charge on any atom is -0.369 e. The first-order valence-corrected chi connectivity index (χ1v) is 8.13. The van der Waals surface area contributed by atoms with Crippen LogP contribution in [-0.2, 0) is 11.2 Å². The van der Waals surface area contributed by atoms with Crippen molar-refractivity contribution in [2.24, 2.45) is 0 Å². The third-order valence-electron chi connectivity index (χ3n) is 3.98. The van der Waals surface area contributed by atoms with Gasteiger partial charge in [0.15, 0.2) is 0 Å². The number of nitrogens with zero attached hydrogens (tertiary/aromatic N) is 1. The smallest absolute Gasteiger partial charge is 0.123 e. The lowest BCUT2D eigenvalue weighted by Gasteiger charge is -2.19. The summed E-state index contributed by atoms with van der Waals surface area (Å²) in [6.45, 7) is 2.68. The first kappa shape index (κ1) is 16.4. The minimum atomic E-state index is -0.236. The summed E-state index contributed by atoms with van der Waals surface area (Å²) >= 11 is 0. The Morgan fingerprint density at radius 2 is 1.71 bits per heavy atom. The summed E-state index contributed by atoms with van der Waals surface area (Å²) in [5.41, 5.74) is 4.35. The number of nitrogens with one attached hydrogen (secondary N) is 1. The van der Waals surface area contributed by atoms with Crippen molar-refractivity contribution in [1.29, 1.82) is 0 Å². The van der Waals surface area contributed by atoms with Crippen LogP contribution < -0.4 is 0 Å². The number of aromatic nitrogens is 2. The minimum absolute atomic E-state index is 0.187. The normalized spacial score (nSPS) is 12.2.